The Morgan fingerprint density at radius 3 is 2.43 bits per heavy atom. The van der Waals surface area contributed by atoms with E-state index in [1.807, 2.05) is 17.9 Å². The van der Waals surface area contributed by atoms with E-state index in [4.69, 9.17) is 16.9 Å². The zero-order chi connectivity index (χ0) is 20.1. The normalized spacial score (nSPS) is 13.9. The molecular weight excluding hydrogens is 378 g/mol. The third-order valence-electron chi connectivity index (χ3n) is 4.60. The highest BCUT2D eigenvalue weighted by atomic mass is 35.5. The van der Waals surface area contributed by atoms with E-state index in [0.29, 0.717) is 48.4 Å². The average Bonchev–Trinajstić information content (AvgIpc) is 2.72. The van der Waals surface area contributed by atoms with Gasteiger partial charge in [0.05, 0.1) is 0 Å². The van der Waals surface area contributed by atoms with Crippen LogP contribution in [-0.2, 0) is 4.79 Å². The van der Waals surface area contributed by atoms with Crippen LogP contribution >= 0.6 is 11.6 Å². The summed E-state index contributed by atoms with van der Waals surface area (Å²) in [7, 11) is 0. The van der Waals surface area contributed by atoms with Crippen LogP contribution in [0.3, 0.4) is 0 Å². The standard InChI is InChI=1S/C20H20ClN5O2/c1-14-12-17(13-22)24-20(23-14)26-10-8-25(9-11-26)19(28)7-6-18(27)15-2-4-16(21)5-3-15/h2-5,12H,6-11H2,1H3. The molecule has 2 aromatic rings. The zero-order valence-corrected chi connectivity index (χ0v) is 16.3. The van der Waals surface area contributed by atoms with Crippen LogP contribution in [-0.4, -0.2) is 52.7 Å². The minimum atomic E-state index is -0.0687. The van der Waals surface area contributed by atoms with Gasteiger partial charge in [-0.2, -0.15) is 5.26 Å². The molecule has 0 unspecified atom stereocenters. The molecule has 0 saturated carbocycles. The van der Waals surface area contributed by atoms with E-state index in [1.165, 1.54) is 0 Å². The number of nitriles is 1. The summed E-state index contributed by atoms with van der Waals surface area (Å²) in [5, 5.41) is 9.63. The number of ketones is 1. The highest BCUT2D eigenvalue weighted by molar-refractivity contribution is 6.30. The highest BCUT2D eigenvalue weighted by Crippen LogP contribution is 2.15. The van der Waals surface area contributed by atoms with Gasteiger partial charge in [-0.3, -0.25) is 9.59 Å². The Kier molecular flexibility index (Phi) is 6.22. The molecule has 0 radical (unpaired) electrons. The van der Waals surface area contributed by atoms with Crippen molar-refractivity contribution in [3.63, 3.8) is 0 Å². The van der Waals surface area contributed by atoms with Crippen molar-refractivity contribution in [2.45, 2.75) is 19.8 Å². The van der Waals surface area contributed by atoms with Gasteiger partial charge in [0.15, 0.2) is 5.78 Å². The first-order valence-corrected chi connectivity index (χ1v) is 9.41. The molecule has 28 heavy (non-hydrogen) atoms. The van der Waals surface area contributed by atoms with Gasteiger partial charge in [0, 0.05) is 55.3 Å². The minimum Gasteiger partial charge on any atom is -0.339 e. The fraction of sp³-hybridized carbons (Fsp3) is 0.350. The fourth-order valence-corrected chi connectivity index (χ4v) is 3.19. The predicted octanol–water partition coefficient (Wildman–Crippen LogP) is 2.62. The molecule has 0 atom stereocenters. The molecule has 1 aliphatic heterocycles. The van der Waals surface area contributed by atoms with Gasteiger partial charge < -0.3 is 9.80 Å². The lowest BCUT2D eigenvalue weighted by Crippen LogP contribution is -2.49. The van der Waals surface area contributed by atoms with Crippen LogP contribution < -0.4 is 4.90 Å². The monoisotopic (exact) mass is 397 g/mol. The van der Waals surface area contributed by atoms with Crippen molar-refractivity contribution in [3.8, 4) is 6.07 Å². The van der Waals surface area contributed by atoms with Gasteiger partial charge in [-0.25, -0.2) is 9.97 Å². The Balaban J connectivity index is 1.51. The van der Waals surface area contributed by atoms with Crippen LogP contribution in [0.2, 0.25) is 5.02 Å². The second-order valence-corrected chi connectivity index (χ2v) is 7.04. The van der Waals surface area contributed by atoms with E-state index in [9.17, 15) is 9.59 Å². The molecule has 2 heterocycles. The zero-order valence-electron chi connectivity index (χ0n) is 15.6. The molecule has 1 fully saturated rings. The Labute approximate surface area is 168 Å². The quantitative estimate of drug-likeness (QED) is 0.720. The number of hydrogen-bond donors (Lipinski definition) is 0. The Morgan fingerprint density at radius 2 is 1.79 bits per heavy atom. The first-order valence-electron chi connectivity index (χ1n) is 9.03. The van der Waals surface area contributed by atoms with Crippen molar-refractivity contribution >= 4 is 29.2 Å². The van der Waals surface area contributed by atoms with E-state index >= 15 is 0 Å². The van der Waals surface area contributed by atoms with E-state index in [0.717, 1.165) is 5.69 Å². The van der Waals surface area contributed by atoms with E-state index in [-0.39, 0.29) is 24.5 Å². The number of nitrogens with zero attached hydrogens (tertiary/aromatic N) is 5. The smallest absolute Gasteiger partial charge is 0.226 e. The van der Waals surface area contributed by atoms with Crippen LogP contribution in [0.4, 0.5) is 5.95 Å². The second-order valence-electron chi connectivity index (χ2n) is 6.60. The number of halogens is 1. The second kappa shape index (κ2) is 8.81. The predicted molar refractivity (Wildman–Crippen MR) is 105 cm³/mol. The molecule has 0 bridgehead atoms. The van der Waals surface area contributed by atoms with Crippen LogP contribution in [0.5, 0.6) is 0 Å². The number of aromatic nitrogens is 2. The summed E-state index contributed by atoms with van der Waals surface area (Å²) in [5.41, 5.74) is 1.63. The van der Waals surface area contributed by atoms with Gasteiger partial charge in [-0.1, -0.05) is 11.6 Å². The van der Waals surface area contributed by atoms with Crippen LogP contribution in [0.1, 0.15) is 34.6 Å². The van der Waals surface area contributed by atoms with Crippen molar-refractivity contribution in [2.24, 2.45) is 0 Å². The Hall–Kier alpha value is -2.98. The molecule has 1 aromatic heterocycles. The lowest BCUT2D eigenvalue weighted by Gasteiger charge is -2.34. The lowest BCUT2D eigenvalue weighted by molar-refractivity contribution is -0.131. The number of hydrogen-bond acceptors (Lipinski definition) is 6. The summed E-state index contributed by atoms with van der Waals surface area (Å²) in [6, 6.07) is 10.4. The van der Waals surface area contributed by atoms with Crippen LogP contribution in [0.25, 0.3) is 0 Å². The third kappa shape index (κ3) is 4.84. The minimum absolute atomic E-state index is 0.0372. The third-order valence-corrected chi connectivity index (χ3v) is 4.86. The summed E-state index contributed by atoms with van der Waals surface area (Å²) in [6.45, 7) is 4.07. The van der Waals surface area contributed by atoms with Crippen molar-refractivity contribution in [1.82, 2.24) is 14.9 Å². The Bertz CT molecular complexity index is 915. The first kappa shape index (κ1) is 19.8. The molecule has 0 aliphatic carbocycles. The van der Waals surface area contributed by atoms with Gasteiger partial charge in [0.2, 0.25) is 11.9 Å². The number of anilines is 1. The van der Waals surface area contributed by atoms with Gasteiger partial charge >= 0.3 is 0 Å². The van der Waals surface area contributed by atoms with Crippen LogP contribution in [0, 0.1) is 18.3 Å². The maximum absolute atomic E-state index is 12.4. The number of carbonyl (C=O) groups excluding carboxylic acids is 2. The number of rotatable bonds is 5. The molecule has 1 aliphatic rings. The lowest BCUT2D eigenvalue weighted by atomic mass is 10.1. The van der Waals surface area contributed by atoms with Crippen molar-refractivity contribution in [1.29, 1.82) is 5.26 Å². The molecule has 144 valence electrons. The molecule has 7 nitrogen and oxygen atoms in total. The van der Waals surface area contributed by atoms with Crippen LogP contribution in [0.15, 0.2) is 30.3 Å². The fourth-order valence-electron chi connectivity index (χ4n) is 3.07. The molecule has 8 heteroatoms. The van der Waals surface area contributed by atoms with Gasteiger partial charge in [0.25, 0.3) is 0 Å². The van der Waals surface area contributed by atoms with E-state index in [2.05, 4.69) is 9.97 Å². The Morgan fingerprint density at radius 1 is 1.11 bits per heavy atom. The number of carbonyl (C=O) groups is 2. The van der Waals surface area contributed by atoms with Gasteiger partial charge in [-0.05, 0) is 37.3 Å². The maximum Gasteiger partial charge on any atom is 0.226 e. The summed E-state index contributed by atoms with van der Waals surface area (Å²) in [5.74, 6) is 0.409. The van der Waals surface area contributed by atoms with Crippen molar-refractivity contribution in [3.05, 3.63) is 52.3 Å². The van der Waals surface area contributed by atoms with E-state index < -0.39 is 0 Å². The maximum atomic E-state index is 12.4. The number of Topliss-reactive ketones (excluding diaryl/α,β-unsaturated/α-hetero) is 1. The van der Waals surface area contributed by atoms with Crippen molar-refractivity contribution in [2.75, 3.05) is 31.1 Å². The average molecular weight is 398 g/mol. The number of aryl methyl sites for hydroxylation is 1. The first-order chi connectivity index (χ1) is 13.5. The summed E-state index contributed by atoms with van der Waals surface area (Å²) in [4.78, 5) is 37.0. The number of benzene rings is 1. The number of amides is 1. The molecule has 3 rings (SSSR count). The molecule has 1 aromatic carbocycles. The van der Waals surface area contributed by atoms with Gasteiger partial charge in [0.1, 0.15) is 11.8 Å². The summed E-state index contributed by atoms with van der Waals surface area (Å²) >= 11 is 5.83. The molecule has 0 N–H and O–H groups in total. The van der Waals surface area contributed by atoms with Crippen molar-refractivity contribution < 1.29 is 9.59 Å². The molecular formula is C20H20ClN5O2. The molecule has 1 amide bonds. The SMILES string of the molecule is Cc1cc(C#N)nc(N2CCN(C(=O)CCC(=O)c3ccc(Cl)cc3)CC2)n1. The number of piperazine rings is 1. The van der Waals surface area contributed by atoms with E-state index in [1.54, 1.807) is 35.2 Å². The topological polar surface area (TPSA) is 90.2 Å². The molecule has 0 spiro atoms. The highest BCUT2D eigenvalue weighted by Gasteiger charge is 2.23. The summed E-state index contributed by atoms with van der Waals surface area (Å²) < 4.78 is 0. The van der Waals surface area contributed by atoms with Gasteiger partial charge in [-0.15, -0.1) is 0 Å². The summed E-state index contributed by atoms with van der Waals surface area (Å²) in [6.07, 6.45) is 0.355. The largest absolute Gasteiger partial charge is 0.339 e. The molecule has 1 saturated heterocycles.